The third kappa shape index (κ3) is 3.63. The molecule has 1 aromatic rings. The number of piperidine rings is 1. The summed E-state index contributed by atoms with van der Waals surface area (Å²) in [7, 11) is -3.88. The highest BCUT2D eigenvalue weighted by Crippen LogP contribution is 2.25. The van der Waals surface area contributed by atoms with Crippen LogP contribution in [0.4, 0.5) is 0 Å². The average molecular weight is 376 g/mol. The van der Waals surface area contributed by atoms with Gasteiger partial charge in [0, 0.05) is 29.2 Å². The summed E-state index contributed by atoms with van der Waals surface area (Å²) in [6.45, 7) is 2.70. The van der Waals surface area contributed by atoms with Crippen molar-refractivity contribution in [3.8, 4) is 0 Å². The van der Waals surface area contributed by atoms with Crippen molar-refractivity contribution in [1.82, 2.24) is 4.90 Å². The number of rotatable bonds is 2. The number of hydrogen-bond donors (Lipinski definition) is 2. The molecule has 0 radical (unpaired) electrons. The molecule has 21 heavy (non-hydrogen) atoms. The van der Waals surface area contributed by atoms with E-state index in [9.17, 15) is 13.2 Å². The van der Waals surface area contributed by atoms with Crippen LogP contribution in [-0.4, -0.2) is 38.4 Å². The first-order chi connectivity index (χ1) is 9.70. The molecular weight excluding hydrogens is 358 g/mol. The molecule has 0 bridgehead atoms. The average Bonchev–Trinajstić information content (AvgIpc) is 2.39. The van der Waals surface area contributed by atoms with Crippen LogP contribution in [0, 0.1) is 6.92 Å². The van der Waals surface area contributed by atoms with Gasteiger partial charge in [-0.3, -0.25) is 4.79 Å². The predicted molar refractivity (Wildman–Crippen MR) is 83.4 cm³/mol. The number of sulfonamides is 1. The van der Waals surface area contributed by atoms with Gasteiger partial charge in [-0.1, -0.05) is 15.9 Å². The second-order valence-electron chi connectivity index (χ2n) is 5.27. The first kappa shape index (κ1) is 16.4. The molecule has 1 saturated heterocycles. The molecule has 4 N–H and O–H groups in total. The van der Waals surface area contributed by atoms with Gasteiger partial charge in [0.1, 0.15) is 0 Å². The molecule has 1 atom stereocenters. The molecule has 1 amide bonds. The molecule has 0 aromatic heterocycles. The molecule has 8 heteroatoms. The van der Waals surface area contributed by atoms with Crippen molar-refractivity contribution >= 4 is 31.9 Å². The van der Waals surface area contributed by atoms with E-state index in [0.717, 1.165) is 12.8 Å². The summed E-state index contributed by atoms with van der Waals surface area (Å²) >= 11 is 3.23. The fraction of sp³-hybridized carbons (Fsp3) is 0.462. The Balaban J connectivity index is 2.44. The van der Waals surface area contributed by atoms with Gasteiger partial charge in [0.2, 0.25) is 10.0 Å². The molecular formula is C13H18BrN3O3S. The third-order valence-corrected chi connectivity index (χ3v) is 5.10. The predicted octanol–water partition coefficient (Wildman–Crippen LogP) is 0.968. The van der Waals surface area contributed by atoms with Crippen molar-refractivity contribution in [2.24, 2.45) is 10.9 Å². The van der Waals surface area contributed by atoms with Crippen LogP contribution >= 0.6 is 15.9 Å². The number of carbonyl (C=O) groups is 1. The molecule has 0 saturated carbocycles. The van der Waals surface area contributed by atoms with Gasteiger partial charge in [0.15, 0.2) is 0 Å². The Labute approximate surface area is 132 Å². The van der Waals surface area contributed by atoms with E-state index < -0.39 is 10.0 Å². The van der Waals surface area contributed by atoms with Gasteiger partial charge >= 0.3 is 0 Å². The van der Waals surface area contributed by atoms with E-state index in [1.165, 1.54) is 6.07 Å². The van der Waals surface area contributed by atoms with Crippen LogP contribution in [0.3, 0.4) is 0 Å². The van der Waals surface area contributed by atoms with Gasteiger partial charge in [0.05, 0.1) is 4.90 Å². The van der Waals surface area contributed by atoms with E-state index in [0.29, 0.717) is 28.7 Å². The van der Waals surface area contributed by atoms with E-state index in [4.69, 9.17) is 10.9 Å². The number of amides is 1. The van der Waals surface area contributed by atoms with Crippen molar-refractivity contribution in [3.05, 3.63) is 27.7 Å². The minimum atomic E-state index is -3.88. The SMILES string of the molecule is Cc1c(C(=O)N2CCCC(N)C2)cc(Br)cc1S(N)(=O)=O. The van der Waals surface area contributed by atoms with Crippen LogP contribution in [0.5, 0.6) is 0 Å². The Bertz CT molecular complexity index is 675. The third-order valence-electron chi connectivity index (χ3n) is 3.61. The molecule has 1 heterocycles. The molecule has 1 aromatic carbocycles. The van der Waals surface area contributed by atoms with Gasteiger partial charge in [-0.15, -0.1) is 0 Å². The van der Waals surface area contributed by atoms with Gasteiger partial charge in [-0.2, -0.15) is 0 Å². The summed E-state index contributed by atoms with van der Waals surface area (Å²) < 4.78 is 23.7. The zero-order valence-corrected chi connectivity index (χ0v) is 14.1. The highest BCUT2D eigenvalue weighted by atomic mass is 79.9. The molecule has 6 nitrogen and oxygen atoms in total. The number of primary sulfonamides is 1. The second-order valence-corrected chi connectivity index (χ2v) is 7.72. The van der Waals surface area contributed by atoms with Gasteiger partial charge in [-0.25, -0.2) is 13.6 Å². The van der Waals surface area contributed by atoms with Crippen molar-refractivity contribution < 1.29 is 13.2 Å². The molecule has 2 rings (SSSR count). The Morgan fingerprint density at radius 3 is 2.67 bits per heavy atom. The highest BCUT2D eigenvalue weighted by molar-refractivity contribution is 9.10. The minimum Gasteiger partial charge on any atom is -0.337 e. The number of nitrogens with two attached hydrogens (primary N) is 2. The maximum Gasteiger partial charge on any atom is 0.254 e. The van der Waals surface area contributed by atoms with Crippen LogP contribution in [0.2, 0.25) is 0 Å². The number of benzene rings is 1. The van der Waals surface area contributed by atoms with Crippen LogP contribution in [0.1, 0.15) is 28.8 Å². The van der Waals surface area contributed by atoms with Crippen molar-refractivity contribution in [1.29, 1.82) is 0 Å². The lowest BCUT2D eigenvalue weighted by molar-refractivity contribution is 0.0707. The number of nitrogens with zero attached hydrogens (tertiary/aromatic N) is 1. The molecule has 0 spiro atoms. The first-order valence-electron chi connectivity index (χ1n) is 6.58. The number of halogens is 1. The van der Waals surface area contributed by atoms with Crippen LogP contribution in [0.25, 0.3) is 0 Å². The Hall–Kier alpha value is -0.960. The maximum atomic E-state index is 12.6. The van der Waals surface area contributed by atoms with Crippen LogP contribution in [-0.2, 0) is 10.0 Å². The molecule has 1 aliphatic rings. The number of carbonyl (C=O) groups excluding carboxylic acids is 1. The number of likely N-dealkylation sites (tertiary alicyclic amines) is 1. The van der Waals surface area contributed by atoms with Crippen molar-refractivity contribution in [3.63, 3.8) is 0 Å². The molecule has 0 aliphatic carbocycles. The van der Waals surface area contributed by atoms with Crippen molar-refractivity contribution in [2.75, 3.05) is 13.1 Å². The lowest BCUT2D eigenvalue weighted by Gasteiger charge is -2.31. The Kier molecular flexibility index (Phi) is 4.72. The van der Waals surface area contributed by atoms with Crippen LogP contribution < -0.4 is 10.9 Å². The lowest BCUT2D eigenvalue weighted by Crippen LogP contribution is -2.46. The summed E-state index contributed by atoms with van der Waals surface area (Å²) in [5.41, 5.74) is 6.59. The van der Waals surface area contributed by atoms with E-state index in [-0.39, 0.29) is 16.8 Å². The summed E-state index contributed by atoms with van der Waals surface area (Å²) in [6.07, 6.45) is 1.74. The van der Waals surface area contributed by atoms with Gasteiger partial charge in [-0.05, 0) is 37.5 Å². The number of hydrogen-bond acceptors (Lipinski definition) is 4. The minimum absolute atomic E-state index is 0.0344. The quantitative estimate of drug-likeness (QED) is 0.802. The van der Waals surface area contributed by atoms with E-state index in [2.05, 4.69) is 15.9 Å². The monoisotopic (exact) mass is 375 g/mol. The molecule has 1 aliphatic heterocycles. The first-order valence-corrected chi connectivity index (χ1v) is 8.92. The normalized spacial score (nSPS) is 19.6. The Morgan fingerprint density at radius 2 is 2.10 bits per heavy atom. The van der Waals surface area contributed by atoms with Gasteiger partial charge in [0.25, 0.3) is 5.91 Å². The molecule has 1 fully saturated rings. The summed E-state index contributed by atoms with van der Waals surface area (Å²) in [4.78, 5) is 14.2. The molecule has 1 unspecified atom stereocenters. The van der Waals surface area contributed by atoms with E-state index in [1.807, 2.05) is 0 Å². The lowest BCUT2D eigenvalue weighted by atomic mass is 10.0. The fourth-order valence-corrected chi connectivity index (χ4v) is 3.97. The second kappa shape index (κ2) is 6.04. The summed E-state index contributed by atoms with van der Waals surface area (Å²) in [5.74, 6) is -0.214. The zero-order valence-electron chi connectivity index (χ0n) is 11.7. The van der Waals surface area contributed by atoms with E-state index in [1.54, 1.807) is 17.9 Å². The van der Waals surface area contributed by atoms with E-state index >= 15 is 0 Å². The summed E-state index contributed by atoms with van der Waals surface area (Å²) in [6, 6.07) is 2.99. The standard InChI is InChI=1S/C13H18BrN3O3S/c1-8-11(5-9(14)6-12(8)21(16,19)20)13(18)17-4-2-3-10(15)7-17/h5-6,10H,2-4,7,15H2,1H3,(H2,16,19,20). The Morgan fingerprint density at radius 1 is 1.43 bits per heavy atom. The fourth-order valence-electron chi connectivity index (χ4n) is 2.54. The smallest absolute Gasteiger partial charge is 0.254 e. The molecule has 116 valence electrons. The zero-order chi connectivity index (χ0) is 15.8. The summed E-state index contributed by atoms with van der Waals surface area (Å²) in [5, 5.41) is 5.20. The largest absolute Gasteiger partial charge is 0.337 e. The van der Waals surface area contributed by atoms with Gasteiger partial charge < -0.3 is 10.6 Å². The maximum absolute atomic E-state index is 12.6. The van der Waals surface area contributed by atoms with Crippen LogP contribution in [0.15, 0.2) is 21.5 Å². The topological polar surface area (TPSA) is 106 Å². The highest BCUT2D eigenvalue weighted by Gasteiger charge is 2.26. The van der Waals surface area contributed by atoms with Crippen molar-refractivity contribution in [2.45, 2.75) is 30.7 Å².